The smallest absolute Gasteiger partial charge is 0.194 e. The molecule has 0 fully saturated rings. The molecule has 0 aliphatic rings. The summed E-state index contributed by atoms with van der Waals surface area (Å²) in [6, 6.07) is 1.72. The molecule has 0 spiro atoms. The minimum Gasteiger partial charge on any atom is -0.461 e. The minimum absolute atomic E-state index is 0.0249. The predicted octanol–water partition coefficient (Wildman–Crippen LogP) is 1.79. The Morgan fingerprint density at radius 1 is 1.67 bits per heavy atom. The molecule has 0 bridgehead atoms. The van der Waals surface area contributed by atoms with Gasteiger partial charge in [0.1, 0.15) is 0 Å². The zero-order valence-electron chi connectivity index (χ0n) is 5.47. The first-order chi connectivity index (χ1) is 4.20. The highest BCUT2D eigenvalue weighted by Gasteiger charge is 2.01. The minimum atomic E-state index is -0.0249. The Balaban J connectivity index is 2.98. The number of carbonyl (C=O) groups excluding carboxylic acids is 1. The van der Waals surface area contributed by atoms with E-state index >= 15 is 0 Å². The van der Waals surface area contributed by atoms with Gasteiger partial charge in [-0.1, -0.05) is 0 Å². The monoisotopic (exact) mass is 124 g/mol. The van der Waals surface area contributed by atoms with E-state index in [2.05, 4.69) is 0 Å². The van der Waals surface area contributed by atoms with Crippen LogP contribution in [0.2, 0.25) is 0 Å². The third-order valence-corrected chi connectivity index (χ3v) is 1.08. The Bertz CT molecular complexity index is 223. The van der Waals surface area contributed by atoms with Crippen LogP contribution >= 0.6 is 0 Å². The van der Waals surface area contributed by atoms with E-state index < -0.39 is 0 Å². The van der Waals surface area contributed by atoms with Crippen molar-refractivity contribution >= 4 is 5.78 Å². The van der Waals surface area contributed by atoms with Gasteiger partial charge in [-0.15, -0.1) is 0 Å². The lowest BCUT2D eigenvalue weighted by atomic mass is 10.3. The third-order valence-electron chi connectivity index (χ3n) is 1.08. The zero-order valence-corrected chi connectivity index (χ0v) is 5.47. The largest absolute Gasteiger partial charge is 0.461 e. The summed E-state index contributed by atoms with van der Waals surface area (Å²) in [5, 5.41) is 0. The fourth-order valence-electron chi connectivity index (χ4n) is 0.616. The molecule has 0 N–H and O–H groups in total. The van der Waals surface area contributed by atoms with Crippen molar-refractivity contribution in [1.82, 2.24) is 0 Å². The van der Waals surface area contributed by atoms with E-state index in [1.54, 1.807) is 12.3 Å². The number of hydrogen-bond donors (Lipinski definition) is 0. The summed E-state index contributed by atoms with van der Waals surface area (Å²) < 4.78 is 4.88. The molecule has 0 saturated heterocycles. The molecular weight excluding hydrogens is 116 g/mol. The molecule has 9 heavy (non-hydrogen) atoms. The second kappa shape index (κ2) is 2.05. The van der Waals surface area contributed by atoms with Crippen molar-refractivity contribution in [2.45, 2.75) is 13.8 Å². The van der Waals surface area contributed by atoms with Crippen LogP contribution < -0.4 is 0 Å². The molecule has 0 radical (unpaired) electrons. The van der Waals surface area contributed by atoms with E-state index in [0.717, 1.165) is 5.56 Å². The molecule has 0 aromatic carbocycles. The molecule has 0 atom stereocenters. The van der Waals surface area contributed by atoms with Crippen LogP contribution in [0.15, 0.2) is 16.7 Å². The number of hydrogen-bond acceptors (Lipinski definition) is 2. The predicted molar refractivity (Wildman–Crippen MR) is 33.4 cm³/mol. The van der Waals surface area contributed by atoms with Crippen molar-refractivity contribution in [2.24, 2.45) is 0 Å². The van der Waals surface area contributed by atoms with Gasteiger partial charge in [0.05, 0.1) is 6.26 Å². The summed E-state index contributed by atoms with van der Waals surface area (Å²) in [7, 11) is 0. The van der Waals surface area contributed by atoms with Gasteiger partial charge < -0.3 is 4.42 Å². The number of rotatable bonds is 1. The van der Waals surface area contributed by atoms with Crippen molar-refractivity contribution in [2.75, 3.05) is 0 Å². The number of ketones is 1. The van der Waals surface area contributed by atoms with Crippen LogP contribution in [0, 0.1) is 6.92 Å². The van der Waals surface area contributed by atoms with Crippen molar-refractivity contribution in [3.05, 3.63) is 23.7 Å². The quantitative estimate of drug-likeness (QED) is 0.534. The maximum absolute atomic E-state index is 10.6. The normalized spacial score (nSPS) is 9.56. The summed E-state index contributed by atoms with van der Waals surface area (Å²) in [6.45, 7) is 3.37. The van der Waals surface area contributed by atoms with Gasteiger partial charge >= 0.3 is 0 Å². The average molecular weight is 124 g/mol. The molecule has 1 rings (SSSR count). The SMILES string of the molecule is CC(=O)c1cc(C)co1. The highest BCUT2D eigenvalue weighted by atomic mass is 16.3. The molecule has 2 heteroatoms. The van der Waals surface area contributed by atoms with Gasteiger partial charge in [-0.2, -0.15) is 0 Å². The number of Topliss-reactive ketones (excluding diaryl/α,β-unsaturated/α-hetero) is 1. The van der Waals surface area contributed by atoms with Crippen molar-refractivity contribution in [3.8, 4) is 0 Å². The Morgan fingerprint density at radius 3 is 2.56 bits per heavy atom. The highest BCUT2D eigenvalue weighted by molar-refractivity contribution is 5.91. The maximum atomic E-state index is 10.6. The lowest BCUT2D eigenvalue weighted by Crippen LogP contribution is -1.85. The molecular formula is C7H8O2. The van der Waals surface area contributed by atoms with E-state index in [1.165, 1.54) is 6.92 Å². The van der Waals surface area contributed by atoms with Crippen LogP contribution in [0.1, 0.15) is 23.0 Å². The van der Waals surface area contributed by atoms with Crippen LogP contribution in [0.3, 0.4) is 0 Å². The van der Waals surface area contributed by atoms with Gasteiger partial charge in [-0.3, -0.25) is 4.79 Å². The van der Waals surface area contributed by atoms with Crippen LogP contribution in [-0.4, -0.2) is 5.78 Å². The van der Waals surface area contributed by atoms with Gasteiger partial charge in [0.25, 0.3) is 0 Å². The van der Waals surface area contributed by atoms with E-state index in [9.17, 15) is 4.79 Å². The second-order valence-electron chi connectivity index (χ2n) is 2.04. The van der Waals surface area contributed by atoms with E-state index in [1.807, 2.05) is 6.92 Å². The molecule has 0 unspecified atom stereocenters. The molecule has 2 nitrogen and oxygen atoms in total. The lowest BCUT2D eigenvalue weighted by Gasteiger charge is -1.80. The molecule has 0 aliphatic carbocycles. The van der Waals surface area contributed by atoms with E-state index in [-0.39, 0.29) is 5.78 Å². The molecule has 1 heterocycles. The van der Waals surface area contributed by atoms with Crippen LogP contribution in [-0.2, 0) is 0 Å². The van der Waals surface area contributed by atoms with Gasteiger partial charge in [0.15, 0.2) is 11.5 Å². The first-order valence-electron chi connectivity index (χ1n) is 2.76. The topological polar surface area (TPSA) is 30.2 Å². The van der Waals surface area contributed by atoms with Crippen molar-refractivity contribution in [3.63, 3.8) is 0 Å². The molecule has 48 valence electrons. The van der Waals surface area contributed by atoms with Crippen molar-refractivity contribution in [1.29, 1.82) is 0 Å². The fraction of sp³-hybridized carbons (Fsp3) is 0.286. The second-order valence-corrected chi connectivity index (χ2v) is 2.04. The summed E-state index contributed by atoms with van der Waals surface area (Å²) in [5.74, 6) is 0.413. The Kier molecular flexibility index (Phi) is 1.39. The molecule has 1 aromatic rings. The van der Waals surface area contributed by atoms with E-state index in [4.69, 9.17) is 4.42 Å². The maximum Gasteiger partial charge on any atom is 0.194 e. The number of carbonyl (C=O) groups is 1. The molecule has 0 saturated carbocycles. The summed E-state index contributed by atoms with van der Waals surface area (Å²) in [5.41, 5.74) is 0.986. The number of aryl methyl sites for hydroxylation is 1. The molecule has 0 aliphatic heterocycles. The van der Waals surface area contributed by atoms with Gasteiger partial charge in [-0.25, -0.2) is 0 Å². The van der Waals surface area contributed by atoms with E-state index in [0.29, 0.717) is 5.76 Å². The lowest BCUT2D eigenvalue weighted by molar-refractivity contribution is 0.0987. The summed E-state index contributed by atoms with van der Waals surface area (Å²) in [4.78, 5) is 10.6. The van der Waals surface area contributed by atoms with Crippen LogP contribution in [0.25, 0.3) is 0 Å². The third kappa shape index (κ3) is 1.19. The van der Waals surface area contributed by atoms with Gasteiger partial charge in [0.2, 0.25) is 0 Å². The Morgan fingerprint density at radius 2 is 2.33 bits per heavy atom. The van der Waals surface area contributed by atoms with Crippen LogP contribution in [0.5, 0.6) is 0 Å². The fourth-order valence-corrected chi connectivity index (χ4v) is 0.616. The zero-order chi connectivity index (χ0) is 6.85. The van der Waals surface area contributed by atoms with Gasteiger partial charge in [0, 0.05) is 6.92 Å². The van der Waals surface area contributed by atoms with Crippen molar-refractivity contribution < 1.29 is 9.21 Å². The van der Waals surface area contributed by atoms with Crippen LogP contribution in [0.4, 0.5) is 0 Å². The molecule has 1 aromatic heterocycles. The number of furan rings is 1. The first kappa shape index (κ1) is 6.08. The first-order valence-corrected chi connectivity index (χ1v) is 2.76. The average Bonchev–Trinajstić information content (AvgIpc) is 2.14. The summed E-state index contributed by atoms with van der Waals surface area (Å²) >= 11 is 0. The summed E-state index contributed by atoms with van der Waals surface area (Å²) in [6.07, 6.45) is 1.57. The Hall–Kier alpha value is -1.05. The Labute approximate surface area is 53.5 Å². The standard InChI is InChI=1S/C7H8O2/c1-5-3-7(6(2)8)9-4-5/h3-4H,1-2H3. The molecule has 0 amide bonds. The van der Waals surface area contributed by atoms with Gasteiger partial charge in [-0.05, 0) is 18.6 Å². The highest BCUT2D eigenvalue weighted by Crippen LogP contribution is 2.05.